The number of fused-ring (bicyclic) bond motifs is 1. The van der Waals surface area contributed by atoms with E-state index in [1.807, 2.05) is 24.3 Å². The third-order valence-electron chi connectivity index (χ3n) is 5.29. The lowest BCUT2D eigenvalue weighted by atomic mass is 10.2. The smallest absolute Gasteiger partial charge is 0.406 e. The molecule has 12 heteroatoms. The lowest BCUT2D eigenvalue weighted by molar-refractivity contribution is -0.274. The number of hydrogen-bond acceptors (Lipinski definition) is 7. The van der Waals surface area contributed by atoms with E-state index >= 15 is 0 Å². The molecular formula is C23H17F3N6O2S. The maximum absolute atomic E-state index is 13.5. The highest BCUT2D eigenvalue weighted by Gasteiger charge is 2.32. The minimum atomic E-state index is -4.79. The molecule has 5 rings (SSSR count). The van der Waals surface area contributed by atoms with Gasteiger partial charge in [-0.3, -0.25) is 4.79 Å². The third kappa shape index (κ3) is 4.97. The molecular weight excluding hydrogens is 481 g/mol. The molecule has 3 heterocycles. The van der Waals surface area contributed by atoms with Crippen molar-refractivity contribution in [3.63, 3.8) is 0 Å². The summed E-state index contributed by atoms with van der Waals surface area (Å²) in [7, 11) is 0. The molecule has 0 bridgehead atoms. The average Bonchev–Trinajstić information content (AvgIpc) is 3.47. The van der Waals surface area contributed by atoms with E-state index in [4.69, 9.17) is 0 Å². The number of alkyl halides is 3. The number of thioether (sulfide) groups is 1. The van der Waals surface area contributed by atoms with Gasteiger partial charge in [-0.15, -0.1) is 18.3 Å². The van der Waals surface area contributed by atoms with Crippen molar-refractivity contribution in [3.05, 3.63) is 83.9 Å². The van der Waals surface area contributed by atoms with Crippen LogP contribution in [0.4, 0.5) is 18.9 Å². The molecule has 0 saturated heterocycles. The number of nitrogens with zero attached hydrogens (tertiary/aromatic N) is 6. The second kappa shape index (κ2) is 9.37. The largest absolute Gasteiger partial charge is 0.573 e. The Labute approximate surface area is 201 Å². The van der Waals surface area contributed by atoms with E-state index in [2.05, 4.69) is 25.0 Å². The van der Waals surface area contributed by atoms with Gasteiger partial charge in [0.05, 0.1) is 11.4 Å². The van der Waals surface area contributed by atoms with Crippen LogP contribution in [0.2, 0.25) is 0 Å². The number of ether oxygens (including phenoxy) is 1. The van der Waals surface area contributed by atoms with Crippen LogP contribution >= 0.6 is 11.8 Å². The Kier molecular flexibility index (Phi) is 6.12. The topological polar surface area (TPSA) is 86.0 Å². The van der Waals surface area contributed by atoms with Crippen LogP contribution in [0.1, 0.15) is 21.7 Å². The summed E-state index contributed by atoms with van der Waals surface area (Å²) in [4.78, 5) is 23.6. The molecule has 0 saturated carbocycles. The summed E-state index contributed by atoms with van der Waals surface area (Å²) in [6.45, 7) is 0.517. The first-order valence-corrected chi connectivity index (χ1v) is 11.5. The summed E-state index contributed by atoms with van der Waals surface area (Å²) in [6.07, 6.45) is -0.842. The molecule has 1 amide bonds. The summed E-state index contributed by atoms with van der Waals surface area (Å²) in [5, 5.41) is 8.81. The first-order chi connectivity index (χ1) is 16.9. The Morgan fingerprint density at radius 3 is 2.51 bits per heavy atom. The number of hydrogen-bond donors (Lipinski definition) is 0. The van der Waals surface area contributed by atoms with Gasteiger partial charge in [0.2, 0.25) is 0 Å². The Hall–Kier alpha value is -3.93. The monoisotopic (exact) mass is 498 g/mol. The zero-order valence-electron chi connectivity index (χ0n) is 18.0. The molecule has 1 aliphatic rings. The Morgan fingerprint density at radius 1 is 1.03 bits per heavy atom. The molecule has 8 nitrogen and oxygen atoms in total. The first-order valence-electron chi connectivity index (χ1n) is 10.5. The van der Waals surface area contributed by atoms with Gasteiger partial charge >= 0.3 is 6.36 Å². The molecule has 2 aromatic carbocycles. The van der Waals surface area contributed by atoms with Crippen LogP contribution in [0, 0.1) is 0 Å². The quantitative estimate of drug-likeness (QED) is 0.287. The second-order valence-corrected chi connectivity index (χ2v) is 8.44. The number of benzene rings is 2. The maximum atomic E-state index is 13.5. The molecule has 0 unspecified atom stereocenters. The van der Waals surface area contributed by atoms with Gasteiger partial charge in [-0.2, -0.15) is 0 Å². The Morgan fingerprint density at radius 2 is 1.77 bits per heavy atom. The van der Waals surface area contributed by atoms with E-state index in [1.165, 1.54) is 40.7 Å². The minimum absolute atomic E-state index is 0.153. The number of aromatic nitrogens is 5. The van der Waals surface area contributed by atoms with Crippen LogP contribution in [-0.4, -0.2) is 43.8 Å². The highest BCUT2D eigenvalue weighted by Crippen LogP contribution is 2.31. The minimum Gasteiger partial charge on any atom is -0.406 e. The van der Waals surface area contributed by atoms with Crippen molar-refractivity contribution in [3.8, 4) is 11.4 Å². The van der Waals surface area contributed by atoms with Gasteiger partial charge in [0.25, 0.3) is 5.91 Å². The van der Waals surface area contributed by atoms with Crippen molar-refractivity contribution in [2.45, 2.75) is 23.7 Å². The lowest BCUT2D eigenvalue weighted by Gasteiger charge is -2.17. The summed E-state index contributed by atoms with van der Waals surface area (Å²) >= 11 is 1.29. The van der Waals surface area contributed by atoms with Gasteiger partial charge in [0.15, 0.2) is 10.9 Å². The molecule has 0 atom stereocenters. The van der Waals surface area contributed by atoms with Crippen molar-refractivity contribution in [2.24, 2.45) is 0 Å². The second-order valence-electron chi connectivity index (χ2n) is 7.49. The lowest BCUT2D eigenvalue weighted by Crippen LogP contribution is -2.30. The average molecular weight is 498 g/mol. The molecule has 4 aromatic rings. The maximum Gasteiger partial charge on any atom is 0.573 e. The van der Waals surface area contributed by atoms with Gasteiger partial charge in [-0.05, 0) is 48.4 Å². The van der Waals surface area contributed by atoms with Gasteiger partial charge in [-0.25, -0.2) is 14.6 Å². The third-order valence-corrected chi connectivity index (χ3v) is 6.18. The predicted molar refractivity (Wildman–Crippen MR) is 121 cm³/mol. The zero-order chi connectivity index (χ0) is 24.4. The highest BCUT2D eigenvalue weighted by molar-refractivity contribution is 7.98. The summed E-state index contributed by atoms with van der Waals surface area (Å²) in [6, 6.07) is 14.6. The number of halogens is 3. The van der Waals surface area contributed by atoms with Gasteiger partial charge in [0.1, 0.15) is 5.75 Å². The van der Waals surface area contributed by atoms with Gasteiger partial charge in [0, 0.05) is 30.4 Å². The number of rotatable bonds is 6. The molecule has 0 fully saturated rings. The van der Waals surface area contributed by atoms with Crippen LogP contribution in [0.25, 0.3) is 5.69 Å². The first kappa shape index (κ1) is 22.8. The van der Waals surface area contributed by atoms with E-state index in [0.29, 0.717) is 23.1 Å². The standard InChI is InChI=1S/C23H17F3N6O2S/c24-23(25,26)34-17-8-6-16(7-9-17)32-19(14-35-22-27-11-3-12-28-22)20(29-30-32)21(33)31-13-10-15-4-1-2-5-18(15)31/h1-9,11-12H,10,13-14H2. The van der Waals surface area contributed by atoms with Crippen molar-refractivity contribution < 1.29 is 22.7 Å². The summed E-state index contributed by atoms with van der Waals surface area (Å²) in [5.41, 5.74) is 2.95. The van der Waals surface area contributed by atoms with Crippen LogP contribution in [0.3, 0.4) is 0 Å². The highest BCUT2D eigenvalue weighted by atomic mass is 32.2. The number of carbonyl (C=O) groups excluding carboxylic acids is 1. The fraction of sp³-hybridized carbons (Fsp3) is 0.174. The number of para-hydroxylation sites is 1. The van der Waals surface area contributed by atoms with Crippen molar-refractivity contribution >= 4 is 23.4 Å². The Bertz CT molecular complexity index is 1350. The van der Waals surface area contributed by atoms with Crippen molar-refractivity contribution in [1.82, 2.24) is 25.0 Å². The number of anilines is 1. The normalized spacial score (nSPS) is 13.1. The SMILES string of the molecule is O=C(c1nnn(-c2ccc(OC(F)(F)F)cc2)c1CSc1ncccn1)N1CCc2ccccc21. The van der Waals surface area contributed by atoms with E-state index in [9.17, 15) is 18.0 Å². The summed E-state index contributed by atoms with van der Waals surface area (Å²) < 4.78 is 43.0. The van der Waals surface area contributed by atoms with Crippen molar-refractivity contribution in [1.29, 1.82) is 0 Å². The van der Waals surface area contributed by atoms with Crippen LogP contribution in [0.5, 0.6) is 5.75 Å². The molecule has 35 heavy (non-hydrogen) atoms. The number of amides is 1. The zero-order valence-corrected chi connectivity index (χ0v) is 18.8. The fourth-order valence-corrected chi connectivity index (χ4v) is 4.56. The predicted octanol–water partition coefficient (Wildman–Crippen LogP) is 4.45. The van der Waals surface area contributed by atoms with Crippen molar-refractivity contribution in [2.75, 3.05) is 11.4 Å². The Balaban J connectivity index is 1.48. The van der Waals surface area contributed by atoms with Crippen LogP contribution < -0.4 is 9.64 Å². The van der Waals surface area contributed by atoms with Crippen LogP contribution in [0.15, 0.2) is 72.1 Å². The molecule has 0 radical (unpaired) electrons. The van der Waals surface area contributed by atoms with Gasteiger partial charge < -0.3 is 9.64 Å². The number of carbonyl (C=O) groups is 1. The van der Waals surface area contributed by atoms with E-state index in [1.54, 1.807) is 23.4 Å². The fourth-order valence-electron chi connectivity index (χ4n) is 3.76. The molecule has 0 aliphatic carbocycles. The van der Waals surface area contributed by atoms with E-state index in [-0.39, 0.29) is 23.1 Å². The molecule has 0 N–H and O–H groups in total. The van der Waals surface area contributed by atoms with E-state index < -0.39 is 6.36 Å². The summed E-state index contributed by atoms with van der Waals surface area (Å²) in [5.74, 6) is -0.406. The molecule has 2 aromatic heterocycles. The molecule has 1 aliphatic heterocycles. The van der Waals surface area contributed by atoms with Crippen LogP contribution in [-0.2, 0) is 12.2 Å². The molecule has 0 spiro atoms. The van der Waals surface area contributed by atoms with E-state index in [0.717, 1.165) is 17.7 Å². The van der Waals surface area contributed by atoms with Gasteiger partial charge in [-0.1, -0.05) is 35.2 Å². The molecule has 178 valence electrons.